The third kappa shape index (κ3) is 3.49. The Bertz CT molecular complexity index is 686. The number of pyridine rings is 1. The molecule has 0 saturated carbocycles. The summed E-state index contributed by atoms with van der Waals surface area (Å²) in [6.45, 7) is 0. The van der Waals surface area contributed by atoms with Gasteiger partial charge in [0.05, 0.1) is 18.2 Å². The Morgan fingerprint density at radius 3 is 2.62 bits per heavy atom. The monoisotopic (exact) mass is 306 g/mol. The van der Waals surface area contributed by atoms with E-state index in [1.807, 2.05) is 0 Å². The highest BCUT2D eigenvalue weighted by Gasteiger charge is 2.13. The van der Waals surface area contributed by atoms with Crippen molar-refractivity contribution in [3.8, 4) is 5.75 Å². The normalized spacial score (nSPS) is 10.0. The topological polar surface area (TPSA) is 88.5 Å². The van der Waals surface area contributed by atoms with Gasteiger partial charge in [-0.3, -0.25) is 4.79 Å². The summed E-state index contributed by atoms with van der Waals surface area (Å²) in [7, 11) is 1.43. The molecule has 2 rings (SSSR count). The van der Waals surface area contributed by atoms with Gasteiger partial charge in [-0.2, -0.15) is 0 Å². The van der Waals surface area contributed by atoms with Crippen LogP contribution in [0.15, 0.2) is 36.5 Å². The molecule has 21 heavy (non-hydrogen) atoms. The van der Waals surface area contributed by atoms with E-state index in [9.17, 15) is 9.59 Å². The van der Waals surface area contributed by atoms with Crippen molar-refractivity contribution >= 4 is 29.3 Å². The first kappa shape index (κ1) is 14.8. The van der Waals surface area contributed by atoms with Crippen molar-refractivity contribution < 1.29 is 19.4 Å². The highest BCUT2D eigenvalue weighted by molar-refractivity contribution is 6.31. The molecule has 2 N–H and O–H groups in total. The number of hydrogen-bond acceptors (Lipinski definition) is 4. The van der Waals surface area contributed by atoms with Crippen LogP contribution in [0.25, 0.3) is 0 Å². The third-order valence-electron chi connectivity index (χ3n) is 2.66. The Morgan fingerprint density at radius 1 is 1.29 bits per heavy atom. The second-order valence-electron chi connectivity index (χ2n) is 4.04. The van der Waals surface area contributed by atoms with Gasteiger partial charge in [-0.25, -0.2) is 9.78 Å². The fourth-order valence-corrected chi connectivity index (χ4v) is 1.79. The molecule has 0 aliphatic heterocycles. The van der Waals surface area contributed by atoms with E-state index in [0.717, 1.165) is 6.20 Å². The number of carbonyl (C=O) groups is 2. The molecule has 1 aromatic carbocycles. The van der Waals surface area contributed by atoms with Crippen molar-refractivity contribution in [2.75, 3.05) is 12.4 Å². The minimum atomic E-state index is -1.08. The number of aromatic carboxylic acids is 1. The summed E-state index contributed by atoms with van der Waals surface area (Å²) in [6.07, 6.45) is 1.16. The summed E-state index contributed by atoms with van der Waals surface area (Å²) >= 11 is 5.83. The molecule has 0 unspecified atom stereocenters. The Kier molecular flexibility index (Phi) is 4.39. The van der Waals surface area contributed by atoms with Gasteiger partial charge < -0.3 is 15.2 Å². The van der Waals surface area contributed by atoms with E-state index in [-0.39, 0.29) is 11.4 Å². The van der Waals surface area contributed by atoms with Gasteiger partial charge in [-0.15, -0.1) is 0 Å². The van der Waals surface area contributed by atoms with Crippen LogP contribution in [0, 0.1) is 0 Å². The summed E-state index contributed by atoms with van der Waals surface area (Å²) in [5.41, 5.74) is 0.336. The van der Waals surface area contributed by atoms with Crippen molar-refractivity contribution in [3.63, 3.8) is 0 Å². The van der Waals surface area contributed by atoms with Crippen LogP contribution < -0.4 is 10.1 Å². The first-order valence-electron chi connectivity index (χ1n) is 5.85. The number of ether oxygens (including phenoxy) is 1. The minimum absolute atomic E-state index is 0.0390. The summed E-state index contributed by atoms with van der Waals surface area (Å²) in [6, 6.07) is 7.38. The van der Waals surface area contributed by atoms with Gasteiger partial charge in [0, 0.05) is 11.2 Å². The lowest BCUT2D eigenvalue weighted by Crippen LogP contribution is -2.14. The predicted octanol–water partition coefficient (Wildman–Crippen LogP) is 2.69. The fraction of sp³-hybridized carbons (Fsp3) is 0.0714. The van der Waals surface area contributed by atoms with Gasteiger partial charge >= 0.3 is 5.97 Å². The number of carboxylic acid groups (broad SMARTS) is 1. The number of anilines is 1. The number of benzene rings is 1. The van der Waals surface area contributed by atoms with Crippen LogP contribution in [0.1, 0.15) is 20.7 Å². The highest BCUT2D eigenvalue weighted by atomic mass is 35.5. The van der Waals surface area contributed by atoms with Crippen LogP contribution in [0.3, 0.4) is 0 Å². The third-order valence-corrected chi connectivity index (χ3v) is 2.90. The maximum Gasteiger partial charge on any atom is 0.337 e. The van der Waals surface area contributed by atoms with Crippen LogP contribution in [-0.4, -0.2) is 29.1 Å². The fourth-order valence-electron chi connectivity index (χ4n) is 1.63. The molecular formula is C14H11ClN2O4. The lowest BCUT2D eigenvalue weighted by molar-refractivity contribution is 0.0696. The van der Waals surface area contributed by atoms with Gasteiger partial charge in [0.1, 0.15) is 11.6 Å². The van der Waals surface area contributed by atoms with Gasteiger partial charge in [0.2, 0.25) is 0 Å². The predicted molar refractivity (Wildman–Crippen MR) is 77.2 cm³/mol. The molecule has 108 valence electrons. The first-order valence-corrected chi connectivity index (χ1v) is 6.23. The number of halogens is 1. The smallest absolute Gasteiger partial charge is 0.337 e. The molecule has 6 nitrogen and oxygen atoms in total. The molecule has 1 aromatic heterocycles. The molecule has 0 saturated heterocycles. The Labute approximate surface area is 125 Å². The molecule has 0 aliphatic carbocycles. The van der Waals surface area contributed by atoms with Crippen molar-refractivity contribution in [2.24, 2.45) is 0 Å². The standard InChI is InChI=1S/C14H11ClN2O4/c1-21-11-6-9(15)3-4-10(11)13(18)17-12-5-2-8(7-16-12)14(19)20/h2-7H,1H3,(H,19,20)(H,16,17,18). The van der Waals surface area contributed by atoms with E-state index in [1.54, 1.807) is 6.07 Å². The number of methoxy groups -OCH3 is 1. The van der Waals surface area contributed by atoms with Gasteiger partial charge in [0.25, 0.3) is 5.91 Å². The zero-order chi connectivity index (χ0) is 15.4. The van der Waals surface area contributed by atoms with Crippen LogP contribution in [-0.2, 0) is 0 Å². The minimum Gasteiger partial charge on any atom is -0.496 e. The number of nitrogens with zero attached hydrogens (tertiary/aromatic N) is 1. The highest BCUT2D eigenvalue weighted by Crippen LogP contribution is 2.23. The van der Waals surface area contributed by atoms with E-state index in [4.69, 9.17) is 21.4 Å². The van der Waals surface area contributed by atoms with E-state index in [0.29, 0.717) is 16.3 Å². The average molecular weight is 307 g/mol. The second kappa shape index (κ2) is 6.23. The quantitative estimate of drug-likeness (QED) is 0.906. The molecule has 1 heterocycles. The van der Waals surface area contributed by atoms with E-state index in [1.165, 1.54) is 31.4 Å². The lowest BCUT2D eigenvalue weighted by atomic mass is 10.2. The molecule has 0 atom stereocenters. The Hall–Kier alpha value is -2.60. The summed E-state index contributed by atoms with van der Waals surface area (Å²) in [5.74, 6) is -0.942. The number of hydrogen-bond donors (Lipinski definition) is 2. The van der Waals surface area contributed by atoms with Crippen molar-refractivity contribution in [1.29, 1.82) is 0 Å². The van der Waals surface area contributed by atoms with Crippen LogP contribution in [0.2, 0.25) is 5.02 Å². The number of carboxylic acids is 1. The van der Waals surface area contributed by atoms with Crippen molar-refractivity contribution in [3.05, 3.63) is 52.7 Å². The summed E-state index contributed by atoms with van der Waals surface area (Å²) in [5, 5.41) is 11.8. The molecule has 1 amide bonds. The van der Waals surface area contributed by atoms with E-state index >= 15 is 0 Å². The number of rotatable bonds is 4. The van der Waals surface area contributed by atoms with Crippen molar-refractivity contribution in [2.45, 2.75) is 0 Å². The molecule has 0 bridgehead atoms. The van der Waals surface area contributed by atoms with Crippen LogP contribution in [0.5, 0.6) is 5.75 Å². The molecule has 0 fully saturated rings. The molecule has 7 heteroatoms. The second-order valence-corrected chi connectivity index (χ2v) is 4.47. The summed E-state index contributed by atoms with van der Waals surface area (Å²) in [4.78, 5) is 26.7. The molecule has 0 aliphatic rings. The Balaban J connectivity index is 2.19. The molecule has 0 radical (unpaired) electrons. The van der Waals surface area contributed by atoms with Gasteiger partial charge in [-0.1, -0.05) is 11.6 Å². The van der Waals surface area contributed by atoms with Gasteiger partial charge in [-0.05, 0) is 30.3 Å². The zero-order valence-corrected chi connectivity index (χ0v) is 11.7. The number of aromatic nitrogens is 1. The molecule has 0 spiro atoms. The number of amides is 1. The Morgan fingerprint density at radius 2 is 2.05 bits per heavy atom. The SMILES string of the molecule is COc1cc(Cl)ccc1C(=O)Nc1ccc(C(=O)O)cn1. The summed E-state index contributed by atoms with van der Waals surface area (Å²) < 4.78 is 5.09. The zero-order valence-electron chi connectivity index (χ0n) is 11.0. The number of carbonyl (C=O) groups excluding carboxylic acids is 1. The van der Waals surface area contributed by atoms with Crippen molar-refractivity contribution in [1.82, 2.24) is 4.98 Å². The molecular weight excluding hydrogens is 296 g/mol. The van der Waals surface area contributed by atoms with Crippen LogP contribution >= 0.6 is 11.6 Å². The maximum absolute atomic E-state index is 12.1. The number of nitrogens with one attached hydrogen (secondary N) is 1. The largest absolute Gasteiger partial charge is 0.496 e. The van der Waals surface area contributed by atoms with E-state index in [2.05, 4.69) is 10.3 Å². The maximum atomic E-state index is 12.1. The van der Waals surface area contributed by atoms with Gasteiger partial charge in [0.15, 0.2) is 0 Å². The lowest BCUT2D eigenvalue weighted by Gasteiger charge is -2.09. The van der Waals surface area contributed by atoms with E-state index < -0.39 is 11.9 Å². The molecule has 2 aromatic rings. The first-order chi connectivity index (χ1) is 10.0. The average Bonchev–Trinajstić information content (AvgIpc) is 2.47. The van der Waals surface area contributed by atoms with Crippen LogP contribution in [0.4, 0.5) is 5.82 Å².